The fraction of sp³-hybridized carbons (Fsp3) is 0.500. The molecule has 0 N–H and O–H groups in total. The Balaban J connectivity index is 1.74. The molecule has 0 radical (unpaired) electrons. The summed E-state index contributed by atoms with van der Waals surface area (Å²) >= 11 is 0. The first-order chi connectivity index (χ1) is 14.6. The van der Waals surface area contributed by atoms with Crippen LogP contribution in [0.4, 0.5) is 30.7 Å². The van der Waals surface area contributed by atoms with E-state index in [1.807, 2.05) is 0 Å². The fourth-order valence-corrected chi connectivity index (χ4v) is 5.61. The van der Waals surface area contributed by atoms with Crippen LogP contribution in [0.25, 0.3) is 11.1 Å². The van der Waals surface area contributed by atoms with E-state index >= 15 is 4.39 Å². The van der Waals surface area contributed by atoms with Gasteiger partial charge >= 0.3 is 6.18 Å². The van der Waals surface area contributed by atoms with Gasteiger partial charge in [-0.3, -0.25) is 0 Å². The van der Waals surface area contributed by atoms with E-state index in [1.54, 1.807) is 0 Å². The molecule has 4 rings (SSSR count). The van der Waals surface area contributed by atoms with Crippen LogP contribution in [-0.4, -0.2) is 0 Å². The first-order valence-electron chi connectivity index (χ1n) is 10.7. The van der Waals surface area contributed by atoms with Gasteiger partial charge in [-0.2, -0.15) is 13.2 Å². The minimum absolute atomic E-state index is 0.0379. The second kappa shape index (κ2) is 8.14. The summed E-state index contributed by atoms with van der Waals surface area (Å²) in [5.41, 5.74) is -2.41. The SMILES string of the molecule is CCC[C@@H]1CC[C@@H]2c3cc(F)c(-c4cc(F)c(C(F)(F)F)c(F)c4)c(F)c3CC[C@@H]2C1. The summed E-state index contributed by atoms with van der Waals surface area (Å²) in [5, 5.41) is 0. The highest BCUT2D eigenvalue weighted by molar-refractivity contribution is 5.68. The summed E-state index contributed by atoms with van der Waals surface area (Å²) in [4.78, 5) is 0. The highest BCUT2D eigenvalue weighted by Gasteiger charge is 2.40. The van der Waals surface area contributed by atoms with Gasteiger partial charge in [-0.1, -0.05) is 19.8 Å². The number of hydrogen-bond acceptors (Lipinski definition) is 0. The molecule has 2 aromatic carbocycles. The van der Waals surface area contributed by atoms with Crippen LogP contribution in [0.2, 0.25) is 0 Å². The van der Waals surface area contributed by atoms with Gasteiger partial charge < -0.3 is 0 Å². The summed E-state index contributed by atoms with van der Waals surface area (Å²) in [7, 11) is 0. The van der Waals surface area contributed by atoms with E-state index in [4.69, 9.17) is 0 Å². The third-order valence-corrected chi connectivity index (χ3v) is 6.92. The Bertz CT molecular complexity index is 969. The van der Waals surface area contributed by atoms with Crippen molar-refractivity contribution in [3.63, 3.8) is 0 Å². The van der Waals surface area contributed by atoms with Crippen LogP contribution < -0.4 is 0 Å². The Hall–Kier alpha value is -2.05. The van der Waals surface area contributed by atoms with Crippen LogP contribution in [0.5, 0.6) is 0 Å². The summed E-state index contributed by atoms with van der Waals surface area (Å²) in [6.07, 6.45) is 0.979. The van der Waals surface area contributed by atoms with Gasteiger partial charge in [0.25, 0.3) is 0 Å². The van der Waals surface area contributed by atoms with Crippen molar-refractivity contribution in [1.82, 2.24) is 0 Å². The van der Waals surface area contributed by atoms with Gasteiger partial charge in [0.2, 0.25) is 0 Å². The molecule has 7 heteroatoms. The highest BCUT2D eigenvalue weighted by atomic mass is 19.4. The molecule has 0 spiro atoms. The lowest BCUT2D eigenvalue weighted by Crippen LogP contribution is -2.29. The molecule has 168 valence electrons. The largest absolute Gasteiger partial charge is 0.422 e. The smallest absolute Gasteiger partial charge is 0.206 e. The molecule has 0 heterocycles. The average Bonchev–Trinajstić information content (AvgIpc) is 2.66. The molecule has 0 aliphatic heterocycles. The lowest BCUT2D eigenvalue weighted by Gasteiger charge is -2.41. The number of fused-ring (bicyclic) bond motifs is 3. The van der Waals surface area contributed by atoms with Crippen molar-refractivity contribution in [3.8, 4) is 11.1 Å². The molecule has 1 saturated carbocycles. The van der Waals surface area contributed by atoms with E-state index in [9.17, 15) is 26.3 Å². The fourth-order valence-electron chi connectivity index (χ4n) is 5.61. The van der Waals surface area contributed by atoms with E-state index in [2.05, 4.69) is 6.92 Å². The minimum atomic E-state index is -5.24. The lowest BCUT2D eigenvalue weighted by atomic mass is 9.64. The van der Waals surface area contributed by atoms with Crippen molar-refractivity contribution in [2.75, 3.05) is 0 Å². The van der Waals surface area contributed by atoms with Crippen molar-refractivity contribution < 1.29 is 30.7 Å². The summed E-state index contributed by atoms with van der Waals surface area (Å²) in [6, 6.07) is 1.92. The second-order valence-corrected chi connectivity index (χ2v) is 8.80. The topological polar surface area (TPSA) is 0 Å². The number of alkyl halides is 3. The first kappa shape index (κ1) is 22.2. The van der Waals surface area contributed by atoms with Gasteiger partial charge in [-0.25, -0.2) is 17.6 Å². The van der Waals surface area contributed by atoms with Crippen LogP contribution in [0, 0.1) is 35.1 Å². The number of hydrogen-bond donors (Lipinski definition) is 0. The maximum absolute atomic E-state index is 15.3. The molecule has 2 aromatic rings. The molecule has 2 aliphatic carbocycles. The van der Waals surface area contributed by atoms with Crippen molar-refractivity contribution in [3.05, 3.63) is 58.2 Å². The van der Waals surface area contributed by atoms with Gasteiger partial charge in [0.1, 0.15) is 28.8 Å². The van der Waals surface area contributed by atoms with Crippen LogP contribution in [0.1, 0.15) is 68.1 Å². The maximum Gasteiger partial charge on any atom is 0.422 e. The Morgan fingerprint density at radius 2 is 1.58 bits per heavy atom. The number of halogens is 7. The predicted octanol–water partition coefficient (Wildman–Crippen LogP) is 8.18. The zero-order chi connectivity index (χ0) is 22.5. The zero-order valence-corrected chi connectivity index (χ0v) is 17.1. The molecular formula is C24H23F7. The minimum Gasteiger partial charge on any atom is -0.206 e. The van der Waals surface area contributed by atoms with Gasteiger partial charge in [0.05, 0.1) is 5.56 Å². The third-order valence-electron chi connectivity index (χ3n) is 6.92. The molecule has 0 unspecified atom stereocenters. The van der Waals surface area contributed by atoms with Crippen LogP contribution in [-0.2, 0) is 12.6 Å². The normalized spacial score (nSPS) is 23.4. The van der Waals surface area contributed by atoms with Gasteiger partial charge in [-0.05, 0) is 84.7 Å². The Morgan fingerprint density at radius 1 is 0.903 bits per heavy atom. The third kappa shape index (κ3) is 3.96. The van der Waals surface area contributed by atoms with E-state index < -0.39 is 46.1 Å². The molecule has 0 bridgehead atoms. The molecule has 0 aromatic heterocycles. The van der Waals surface area contributed by atoms with Gasteiger partial charge in [-0.15, -0.1) is 0 Å². The summed E-state index contributed by atoms with van der Waals surface area (Å²) < 4.78 is 96.8. The van der Waals surface area contributed by atoms with E-state index in [0.29, 0.717) is 41.5 Å². The van der Waals surface area contributed by atoms with Gasteiger partial charge in [0.15, 0.2) is 0 Å². The summed E-state index contributed by atoms with van der Waals surface area (Å²) in [5.74, 6) is -4.71. The number of rotatable bonds is 3. The van der Waals surface area contributed by atoms with Gasteiger partial charge in [0, 0.05) is 0 Å². The monoisotopic (exact) mass is 444 g/mol. The van der Waals surface area contributed by atoms with E-state index in [0.717, 1.165) is 38.5 Å². The highest BCUT2D eigenvalue weighted by Crippen LogP contribution is 2.50. The Kier molecular flexibility index (Phi) is 5.81. The molecule has 3 atom stereocenters. The summed E-state index contributed by atoms with van der Waals surface area (Å²) in [6.45, 7) is 2.14. The van der Waals surface area contributed by atoms with Crippen LogP contribution >= 0.6 is 0 Å². The molecular weight excluding hydrogens is 421 g/mol. The predicted molar refractivity (Wildman–Crippen MR) is 104 cm³/mol. The first-order valence-corrected chi connectivity index (χ1v) is 10.7. The molecule has 0 nitrogen and oxygen atoms in total. The average molecular weight is 444 g/mol. The molecule has 0 amide bonds. The zero-order valence-electron chi connectivity index (χ0n) is 17.1. The van der Waals surface area contributed by atoms with E-state index in [-0.39, 0.29) is 5.92 Å². The van der Waals surface area contributed by atoms with Crippen LogP contribution in [0.15, 0.2) is 18.2 Å². The number of benzene rings is 2. The van der Waals surface area contributed by atoms with E-state index in [1.165, 1.54) is 6.07 Å². The quantitative estimate of drug-likeness (QED) is 0.419. The lowest BCUT2D eigenvalue weighted by molar-refractivity contribution is -0.142. The molecule has 1 fully saturated rings. The molecule has 31 heavy (non-hydrogen) atoms. The van der Waals surface area contributed by atoms with Crippen molar-refractivity contribution in [2.45, 2.75) is 64.0 Å². The van der Waals surface area contributed by atoms with Crippen molar-refractivity contribution in [2.24, 2.45) is 11.8 Å². The maximum atomic E-state index is 15.3. The standard InChI is InChI=1S/C24H23F7/c1-2-3-12-4-6-15-13(8-12)5-7-16-17(15)11-18(25)21(23(16)28)14-9-19(26)22(20(27)10-14)24(29,30)31/h9-13,15H,2-8H2,1H3/t12-,13-,15+/m1/s1. The Morgan fingerprint density at radius 3 is 2.19 bits per heavy atom. The molecule has 0 saturated heterocycles. The van der Waals surface area contributed by atoms with Crippen LogP contribution in [0.3, 0.4) is 0 Å². The molecule has 2 aliphatic rings. The Labute approximate surface area is 176 Å². The van der Waals surface area contributed by atoms with Crippen molar-refractivity contribution in [1.29, 1.82) is 0 Å². The van der Waals surface area contributed by atoms with Crippen molar-refractivity contribution >= 4 is 0 Å². The second-order valence-electron chi connectivity index (χ2n) is 8.80.